The second-order valence-corrected chi connectivity index (χ2v) is 3.91. The fraction of sp³-hybridized carbons (Fsp3) is 0.267. The molecule has 0 saturated carbocycles. The Bertz CT molecular complexity index is 419. The topological polar surface area (TPSA) is 29.1 Å². The van der Waals surface area contributed by atoms with Crippen LogP contribution in [0.4, 0.5) is 0 Å². The first kappa shape index (κ1) is 13.2. The molecule has 0 atom stereocenters. The highest BCUT2D eigenvalue weighted by molar-refractivity contribution is 5.87. The van der Waals surface area contributed by atoms with Gasteiger partial charge in [0.05, 0.1) is 0 Å². The molecule has 1 rings (SSSR count). The van der Waals surface area contributed by atoms with E-state index in [0.717, 1.165) is 6.42 Å². The Balaban J connectivity index is 2.30. The molecule has 0 aliphatic heterocycles. The summed E-state index contributed by atoms with van der Waals surface area (Å²) >= 11 is 0. The normalized spacial score (nSPS) is 11.2. The lowest BCUT2D eigenvalue weighted by Crippen LogP contribution is -2.23. The summed E-state index contributed by atoms with van der Waals surface area (Å²) in [6.45, 7) is 4.66. The van der Waals surface area contributed by atoms with Crippen molar-refractivity contribution in [1.29, 1.82) is 0 Å². The number of rotatable bonds is 5. The highest BCUT2D eigenvalue weighted by atomic mass is 16.1. The fourth-order valence-electron chi connectivity index (χ4n) is 1.51. The van der Waals surface area contributed by atoms with Crippen LogP contribution in [-0.4, -0.2) is 12.5 Å². The molecule has 2 nitrogen and oxygen atoms in total. The van der Waals surface area contributed by atoms with E-state index in [2.05, 4.69) is 30.4 Å². The summed E-state index contributed by atoms with van der Waals surface area (Å²) in [5, 5.41) is 2.85. The van der Waals surface area contributed by atoms with Crippen LogP contribution in [0, 0.1) is 6.92 Å². The van der Waals surface area contributed by atoms with Gasteiger partial charge in [-0.3, -0.25) is 4.79 Å². The fourth-order valence-corrected chi connectivity index (χ4v) is 1.51. The zero-order valence-electron chi connectivity index (χ0n) is 10.4. The van der Waals surface area contributed by atoms with Crippen LogP contribution in [0.25, 0.3) is 0 Å². The van der Waals surface area contributed by atoms with Crippen molar-refractivity contribution in [2.24, 2.45) is 0 Å². The van der Waals surface area contributed by atoms with Crippen LogP contribution in [0.3, 0.4) is 0 Å². The zero-order chi connectivity index (χ0) is 12.5. The minimum atomic E-state index is -0.0456. The van der Waals surface area contributed by atoms with Gasteiger partial charge in [-0.2, -0.15) is 0 Å². The molecular weight excluding hydrogens is 210 g/mol. The van der Waals surface area contributed by atoms with Gasteiger partial charge in [0.15, 0.2) is 0 Å². The summed E-state index contributed by atoms with van der Waals surface area (Å²) in [5.41, 5.74) is 2.50. The Morgan fingerprint density at radius 3 is 2.88 bits per heavy atom. The number of hydrogen-bond acceptors (Lipinski definition) is 1. The van der Waals surface area contributed by atoms with Gasteiger partial charge in [0.25, 0.3) is 0 Å². The highest BCUT2D eigenvalue weighted by Gasteiger charge is 1.96. The molecule has 0 bridgehead atoms. The van der Waals surface area contributed by atoms with Crippen LogP contribution in [0.2, 0.25) is 0 Å². The molecule has 2 heteroatoms. The smallest absolute Gasteiger partial charge is 0.243 e. The standard InChI is InChI=1S/C15H19NO/c1-3-4-5-9-15(17)16-11-10-14-8-6-7-13(2)12-14/h3-9,12H,10-11H2,1-2H3,(H,16,17). The van der Waals surface area contributed by atoms with Crippen molar-refractivity contribution < 1.29 is 4.79 Å². The number of nitrogens with one attached hydrogen (secondary N) is 1. The predicted octanol–water partition coefficient (Wildman–Crippen LogP) is 2.79. The second-order valence-electron chi connectivity index (χ2n) is 3.91. The van der Waals surface area contributed by atoms with Gasteiger partial charge < -0.3 is 5.32 Å². The molecule has 90 valence electrons. The highest BCUT2D eigenvalue weighted by Crippen LogP contribution is 2.03. The van der Waals surface area contributed by atoms with E-state index in [1.165, 1.54) is 17.2 Å². The number of aryl methyl sites for hydroxylation is 1. The first-order valence-corrected chi connectivity index (χ1v) is 5.85. The largest absolute Gasteiger partial charge is 0.352 e. The maximum absolute atomic E-state index is 11.3. The van der Waals surface area contributed by atoms with Crippen LogP contribution in [0.5, 0.6) is 0 Å². The van der Waals surface area contributed by atoms with Crippen molar-refractivity contribution >= 4 is 5.91 Å². The zero-order valence-corrected chi connectivity index (χ0v) is 10.4. The molecule has 1 aromatic carbocycles. The SMILES string of the molecule is CC=CC=CC(=O)NCCc1cccc(C)c1. The summed E-state index contributed by atoms with van der Waals surface area (Å²) in [7, 11) is 0. The van der Waals surface area contributed by atoms with Gasteiger partial charge in [-0.15, -0.1) is 0 Å². The average Bonchev–Trinajstić information content (AvgIpc) is 2.29. The molecule has 0 aliphatic carbocycles. The summed E-state index contributed by atoms with van der Waals surface area (Å²) in [6.07, 6.45) is 7.86. The third kappa shape index (κ3) is 5.71. The Kier molecular flexibility index (Phi) is 5.80. The van der Waals surface area contributed by atoms with Crippen molar-refractivity contribution in [2.45, 2.75) is 20.3 Å². The molecule has 0 heterocycles. The molecule has 0 unspecified atom stereocenters. The molecule has 0 fully saturated rings. The maximum Gasteiger partial charge on any atom is 0.243 e. The molecular formula is C15H19NO. The van der Waals surface area contributed by atoms with E-state index in [4.69, 9.17) is 0 Å². The van der Waals surface area contributed by atoms with Gasteiger partial charge in [-0.05, 0) is 25.8 Å². The number of carbonyl (C=O) groups is 1. The summed E-state index contributed by atoms with van der Waals surface area (Å²) in [5.74, 6) is -0.0456. The average molecular weight is 229 g/mol. The van der Waals surface area contributed by atoms with E-state index in [9.17, 15) is 4.79 Å². The van der Waals surface area contributed by atoms with Crippen LogP contribution in [0.1, 0.15) is 18.1 Å². The van der Waals surface area contributed by atoms with Crippen molar-refractivity contribution in [3.63, 3.8) is 0 Å². The Morgan fingerprint density at radius 1 is 1.35 bits per heavy atom. The number of allylic oxidation sites excluding steroid dienone is 3. The summed E-state index contributed by atoms with van der Waals surface area (Å²) in [6, 6.07) is 8.33. The lowest BCUT2D eigenvalue weighted by Gasteiger charge is -2.03. The van der Waals surface area contributed by atoms with Crippen LogP contribution >= 0.6 is 0 Å². The number of benzene rings is 1. The Labute approximate surface area is 103 Å². The van der Waals surface area contributed by atoms with E-state index in [0.29, 0.717) is 6.54 Å². The summed E-state index contributed by atoms with van der Waals surface area (Å²) < 4.78 is 0. The van der Waals surface area contributed by atoms with Crippen LogP contribution in [0.15, 0.2) is 48.6 Å². The van der Waals surface area contributed by atoms with Crippen molar-refractivity contribution in [3.8, 4) is 0 Å². The van der Waals surface area contributed by atoms with E-state index in [1.54, 1.807) is 6.08 Å². The molecule has 1 aromatic rings. The third-order valence-electron chi connectivity index (χ3n) is 2.35. The first-order valence-electron chi connectivity index (χ1n) is 5.85. The van der Waals surface area contributed by atoms with Gasteiger partial charge in [0.1, 0.15) is 0 Å². The minimum Gasteiger partial charge on any atom is -0.352 e. The number of amides is 1. The summed E-state index contributed by atoms with van der Waals surface area (Å²) in [4.78, 5) is 11.3. The van der Waals surface area contributed by atoms with Gasteiger partial charge in [-0.1, -0.05) is 48.1 Å². The van der Waals surface area contributed by atoms with Crippen molar-refractivity contribution in [3.05, 3.63) is 59.7 Å². The van der Waals surface area contributed by atoms with Crippen LogP contribution < -0.4 is 5.32 Å². The first-order chi connectivity index (χ1) is 8.22. The lowest BCUT2D eigenvalue weighted by atomic mass is 10.1. The van der Waals surface area contributed by atoms with Gasteiger partial charge in [0, 0.05) is 12.6 Å². The van der Waals surface area contributed by atoms with E-state index in [1.807, 2.05) is 25.1 Å². The molecule has 0 spiro atoms. The number of carbonyl (C=O) groups excluding carboxylic acids is 1. The van der Waals surface area contributed by atoms with Crippen molar-refractivity contribution in [2.75, 3.05) is 6.54 Å². The van der Waals surface area contributed by atoms with Crippen LogP contribution in [-0.2, 0) is 11.2 Å². The molecule has 1 amide bonds. The Morgan fingerprint density at radius 2 is 2.18 bits per heavy atom. The third-order valence-corrected chi connectivity index (χ3v) is 2.35. The molecule has 0 saturated heterocycles. The monoisotopic (exact) mass is 229 g/mol. The molecule has 0 aromatic heterocycles. The van der Waals surface area contributed by atoms with Gasteiger partial charge >= 0.3 is 0 Å². The predicted molar refractivity (Wildman–Crippen MR) is 71.8 cm³/mol. The van der Waals surface area contributed by atoms with E-state index in [-0.39, 0.29) is 5.91 Å². The quantitative estimate of drug-likeness (QED) is 0.610. The lowest BCUT2D eigenvalue weighted by molar-refractivity contribution is -0.116. The maximum atomic E-state index is 11.3. The Hall–Kier alpha value is -1.83. The number of hydrogen-bond donors (Lipinski definition) is 1. The van der Waals surface area contributed by atoms with E-state index < -0.39 is 0 Å². The van der Waals surface area contributed by atoms with Gasteiger partial charge in [-0.25, -0.2) is 0 Å². The molecule has 0 radical (unpaired) electrons. The molecule has 0 aliphatic rings. The van der Waals surface area contributed by atoms with Crippen molar-refractivity contribution in [1.82, 2.24) is 5.32 Å². The minimum absolute atomic E-state index is 0.0456. The van der Waals surface area contributed by atoms with Gasteiger partial charge in [0.2, 0.25) is 5.91 Å². The van der Waals surface area contributed by atoms with E-state index >= 15 is 0 Å². The molecule has 17 heavy (non-hydrogen) atoms. The molecule has 1 N–H and O–H groups in total. The second kappa shape index (κ2) is 7.44.